The van der Waals surface area contributed by atoms with Crippen molar-refractivity contribution in [3.63, 3.8) is 0 Å². The Labute approximate surface area is 110 Å². The summed E-state index contributed by atoms with van der Waals surface area (Å²) in [6.07, 6.45) is 4.31. The van der Waals surface area contributed by atoms with Gasteiger partial charge in [-0.05, 0) is 72.5 Å². The molecule has 1 aromatic carbocycles. The number of anilines is 1. The molecular weight excluding hydrogens is 313 g/mol. The Hall–Kier alpha value is -0.290. The Morgan fingerprint density at radius 3 is 2.19 bits per heavy atom. The maximum atomic E-state index is 9.77. The second kappa shape index (κ2) is 4.18. The van der Waals surface area contributed by atoms with Crippen LogP contribution in [0.25, 0.3) is 0 Å². The van der Waals surface area contributed by atoms with Crippen LogP contribution in [0.15, 0.2) is 24.3 Å². The molecule has 2 aliphatic heterocycles. The van der Waals surface area contributed by atoms with Gasteiger partial charge in [0, 0.05) is 21.3 Å². The molecule has 2 saturated heterocycles. The Morgan fingerprint density at radius 2 is 1.62 bits per heavy atom. The zero-order valence-electron chi connectivity index (χ0n) is 9.14. The van der Waals surface area contributed by atoms with E-state index in [4.69, 9.17) is 0 Å². The Morgan fingerprint density at radius 1 is 1.06 bits per heavy atom. The van der Waals surface area contributed by atoms with E-state index in [1.54, 1.807) is 0 Å². The third-order valence-corrected chi connectivity index (χ3v) is 4.55. The van der Waals surface area contributed by atoms with Crippen LogP contribution in [0.5, 0.6) is 0 Å². The van der Waals surface area contributed by atoms with Gasteiger partial charge in [0.05, 0.1) is 6.10 Å². The number of nitrogens with zero attached hydrogens (tertiary/aromatic N) is 1. The summed E-state index contributed by atoms with van der Waals surface area (Å²) in [5.41, 5.74) is 1.33. The molecule has 0 aromatic heterocycles. The number of hydrogen-bond acceptors (Lipinski definition) is 2. The number of halogens is 1. The van der Waals surface area contributed by atoms with Gasteiger partial charge in [-0.15, -0.1) is 0 Å². The van der Waals surface area contributed by atoms with E-state index >= 15 is 0 Å². The molecular formula is C13H16INO. The fraction of sp³-hybridized carbons (Fsp3) is 0.538. The molecule has 0 amide bonds. The topological polar surface area (TPSA) is 23.5 Å². The molecule has 0 saturated carbocycles. The number of aliphatic hydroxyl groups is 1. The van der Waals surface area contributed by atoms with Gasteiger partial charge in [-0.25, -0.2) is 0 Å². The molecule has 2 heterocycles. The van der Waals surface area contributed by atoms with E-state index in [0.29, 0.717) is 12.1 Å². The second-order valence-corrected chi connectivity index (χ2v) is 6.14. The summed E-state index contributed by atoms with van der Waals surface area (Å²) >= 11 is 2.34. The van der Waals surface area contributed by atoms with Gasteiger partial charge in [-0.2, -0.15) is 0 Å². The Bertz CT molecular complexity index is 364. The van der Waals surface area contributed by atoms with Crippen molar-refractivity contribution in [1.82, 2.24) is 0 Å². The zero-order valence-corrected chi connectivity index (χ0v) is 11.3. The maximum absolute atomic E-state index is 9.77. The first kappa shape index (κ1) is 10.8. The monoisotopic (exact) mass is 329 g/mol. The average molecular weight is 329 g/mol. The summed E-state index contributed by atoms with van der Waals surface area (Å²) in [4.78, 5) is 2.53. The second-order valence-electron chi connectivity index (χ2n) is 4.89. The van der Waals surface area contributed by atoms with Gasteiger partial charge in [-0.3, -0.25) is 0 Å². The lowest BCUT2D eigenvalue weighted by molar-refractivity contribution is 0.126. The molecule has 2 aliphatic rings. The van der Waals surface area contributed by atoms with E-state index < -0.39 is 0 Å². The van der Waals surface area contributed by atoms with Crippen molar-refractivity contribution >= 4 is 28.3 Å². The van der Waals surface area contributed by atoms with Crippen molar-refractivity contribution in [2.75, 3.05) is 4.90 Å². The van der Waals surface area contributed by atoms with Gasteiger partial charge in [0.2, 0.25) is 0 Å². The maximum Gasteiger partial charge on any atom is 0.0579 e. The quantitative estimate of drug-likeness (QED) is 0.801. The minimum Gasteiger partial charge on any atom is -0.393 e. The molecule has 1 aromatic rings. The first-order valence-corrected chi connectivity index (χ1v) is 7.04. The third-order valence-electron chi connectivity index (χ3n) is 3.83. The molecule has 1 unspecified atom stereocenters. The van der Waals surface area contributed by atoms with E-state index in [2.05, 4.69) is 51.8 Å². The molecule has 0 aliphatic carbocycles. The van der Waals surface area contributed by atoms with Gasteiger partial charge in [0.1, 0.15) is 0 Å². The molecule has 3 heteroatoms. The largest absolute Gasteiger partial charge is 0.393 e. The van der Waals surface area contributed by atoms with Crippen LogP contribution in [0.1, 0.15) is 25.7 Å². The van der Waals surface area contributed by atoms with E-state index in [0.717, 1.165) is 12.8 Å². The Balaban J connectivity index is 1.88. The molecule has 0 spiro atoms. The van der Waals surface area contributed by atoms with Crippen LogP contribution in [-0.2, 0) is 0 Å². The van der Waals surface area contributed by atoms with Crippen molar-refractivity contribution in [3.05, 3.63) is 27.8 Å². The first-order valence-electron chi connectivity index (χ1n) is 5.96. The number of rotatable bonds is 1. The number of piperidine rings is 1. The van der Waals surface area contributed by atoms with E-state index in [-0.39, 0.29) is 6.10 Å². The van der Waals surface area contributed by atoms with Crippen molar-refractivity contribution in [2.24, 2.45) is 0 Å². The molecule has 2 fully saturated rings. The molecule has 3 rings (SSSR count). The van der Waals surface area contributed by atoms with Gasteiger partial charge in [0.15, 0.2) is 0 Å². The number of aliphatic hydroxyl groups excluding tert-OH is 1. The van der Waals surface area contributed by atoms with Crippen LogP contribution in [0.2, 0.25) is 0 Å². The first-order chi connectivity index (χ1) is 7.74. The predicted octanol–water partition coefficient (Wildman–Crippen LogP) is 2.78. The molecule has 1 N–H and O–H groups in total. The number of benzene rings is 1. The van der Waals surface area contributed by atoms with Crippen LogP contribution in [0.3, 0.4) is 0 Å². The molecule has 0 radical (unpaired) electrons. The van der Waals surface area contributed by atoms with Crippen LogP contribution in [0, 0.1) is 3.57 Å². The van der Waals surface area contributed by atoms with Crippen molar-refractivity contribution < 1.29 is 5.11 Å². The highest BCUT2D eigenvalue weighted by atomic mass is 127. The normalized spacial score (nSPS) is 33.1. The highest BCUT2D eigenvalue weighted by molar-refractivity contribution is 14.1. The summed E-state index contributed by atoms with van der Waals surface area (Å²) in [7, 11) is 0. The van der Waals surface area contributed by atoms with Gasteiger partial charge in [-0.1, -0.05) is 0 Å². The van der Waals surface area contributed by atoms with Crippen molar-refractivity contribution in [3.8, 4) is 0 Å². The lowest BCUT2D eigenvalue weighted by Gasteiger charge is -2.39. The van der Waals surface area contributed by atoms with Crippen LogP contribution in [0.4, 0.5) is 5.69 Å². The standard InChI is InChI=1S/C13H16INO/c14-9-1-3-10(4-2-9)15-11-5-6-12(15)8-13(16)7-11/h1-4,11-13,16H,5-8H2/t11-,12+,13?. The average Bonchev–Trinajstić information content (AvgIpc) is 2.54. The third kappa shape index (κ3) is 1.84. The van der Waals surface area contributed by atoms with Crippen molar-refractivity contribution in [2.45, 2.75) is 43.9 Å². The van der Waals surface area contributed by atoms with Gasteiger partial charge < -0.3 is 10.0 Å². The fourth-order valence-electron chi connectivity index (χ4n) is 3.18. The summed E-state index contributed by atoms with van der Waals surface area (Å²) in [6.45, 7) is 0. The molecule has 2 nitrogen and oxygen atoms in total. The van der Waals surface area contributed by atoms with Gasteiger partial charge >= 0.3 is 0 Å². The van der Waals surface area contributed by atoms with E-state index in [1.807, 2.05) is 0 Å². The Kier molecular flexibility index (Phi) is 2.83. The number of hydrogen-bond donors (Lipinski definition) is 1. The minimum absolute atomic E-state index is 0.0717. The van der Waals surface area contributed by atoms with E-state index in [1.165, 1.54) is 22.1 Å². The molecule has 16 heavy (non-hydrogen) atoms. The van der Waals surface area contributed by atoms with Crippen LogP contribution < -0.4 is 4.90 Å². The fourth-order valence-corrected chi connectivity index (χ4v) is 3.54. The summed E-state index contributed by atoms with van der Waals surface area (Å²) in [5, 5.41) is 9.77. The summed E-state index contributed by atoms with van der Waals surface area (Å²) in [5.74, 6) is 0. The predicted molar refractivity (Wildman–Crippen MR) is 73.7 cm³/mol. The van der Waals surface area contributed by atoms with Crippen LogP contribution in [-0.4, -0.2) is 23.3 Å². The highest BCUT2D eigenvalue weighted by Gasteiger charge is 2.39. The van der Waals surface area contributed by atoms with Gasteiger partial charge in [0.25, 0.3) is 0 Å². The lowest BCUT2D eigenvalue weighted by Crippen LogP contribution is -2.44. The minimum atomic E-state index is -0.0717. The smallest absolute Gasteiger partial charge is 0.0579 e. The number of fused-ring (bicyclic) bond motifs is 2. The zero-order chi connectivity index (χ0) is 11.1. The van der Waals surface area contributed by atoms with E-state index in [9.17, 15) is 5.11 Å². The highest BCUT2D eigenvalue weighted by Crippen LogP contribution is 2.39. The lowest BCUT2D eigenvalue weighted by atomic mass is 9.99. The van der Waals surface area contributed by atoms with Crippen molar-refractivity contribution in [1.29, 1.82) is 0 Å². The molecule has 86 valence electrons. The molecule has 2 bridgehead atoms. The summed E-state index contributed by atoms with van der Waals surface area (Å²) in [6, 6.07) is 9.89. The SMILES string of the molecule is OC1C[C@H]2CC[C@@H](C1)N2c1ccc(I)cc1. The molecule has 3 atom stereocenters. The van der Waals surface area contributed by atoms with Crippen LogP contribution >= 0.6 is 22.6 Å². The summed E-state index contributed by atoms with van der Waals surface area (Å²) < 4.78 is 1.28.